The lowest BCUT2D eigenvalue weighted by molar-refractivity contribution is -0.137. The number of hydrogen-bond donors (Lipinski definition) is 1. The minimum absolute atomic E-state index is 0.0225. The molecule has 1 N–H and O–H groups in total. The SMILES string of the molecule is O=C(O)CCCN1C(=O)/C(=C/c2ccc(F)c(Cl)c2)SC1=S. The average molecular weight is 360 g/mol. The standard InChI is InChI=1S/C14H11ClFNO3S2/c15-9-6-8(3-4-10(9)16)7-11-13(20)17(14(21)22-11)5-1-2-12(18)19/h3-4,6-7H,1-2,5H2,(H,18,19)/b11-7-. The van der Waals surface area contributed by atoms with Gasteiger partial charge in [-0.1, -0.05) is 41.6 Å². The smallest absolute Gasteiger partial charge is 0.303 e. The number of nitrogens with zero attached hydrogens (tertiary/aromatic N) is 1. The van der Waals surface area contributed by atoms with Crippen LogP contribution in [0.1, 0.15) is 18.4 Å². The summed E-state index contributed by atoms with van der Waals surface area (Å²) in [7, 11) is 0. The van der Waals surface area contributed by atoms with Crippen molar-refractivity contribution < 1.29 is 19.1 Å². The van der Waals surface area contributed by atoms with Crippen molar-refractivity contribution in [1.29, 1.82) is 0 Å². The fraction of sp³-hybridized carbons (Fsp3) is 0.214. The summed E-state index contributed by atoms with van der Waals surface area (Å²) in [5, 5.41) is 8.60. The number of aliphatic carboxylic acids is 1. The molecule has 0 radical (unpaired) electrons. The molecule has 0 atom stereocenters. The molecule has 1 fully saturated rings. The molecule has 0 saturated carbocycles. The summed E-state index contributed by atoms with van der Waals surface area (Å²) in [5.41, 5.74) is 0.595. The van der Waals surface area contributed by atoms with E-state index in [0.29, 0.717) is 21.2 Å². The number of halogens is 2. The van der Waals surface area contributed by atoms with E-state index >= 15 is 0 Å². The molecule has 1 aliphatic heterocycles. The number of hydrogen-bond acceptors (Lipinski definition) is 4. The topological polar surface area (TPSA) is 57.6 Å². The fourth-order valence-corrected chi connectivity index (χ4v) is 3.33. The monoisotopic (exact) mass is 359 g/mol. The zero-order valence-electron chi connectivity index (χ0n) is 11.2. The van der Waals surface area contributed by atoms with Gasteiger partial charge in [-0.3, -0.25) is 14.5 Å². The Balaban J connectivity index is 2.11. The number of carbonyl (C=O) groups excluding carboxylic acids is 1. The summed E-state index contributed by atoms with van der Waals surface area (Å²) >= 11 is 12.0. The number of amides is 1. The van der Waals surface area contributed by atoms with E-state index in [-0.39, 0.29) is 23.9 Å². The van der Waals surface area contributed by atoms with E-state index in [1.54, 1.807) is 6.08 Å². The fourth-order valence-electron chi connectivity index (χ4n) is 1.83. The lowest BCUT2D eigenvalue weighted by Crippen LogP contribution is -2.29. The van der Waals surface area contributed by atoms with Crippen LogP contribution in [0.15, 0.2) is 23.1 Å². The molecule has 4 nitrogen and oxygen atoms in total. The van der Waals surface area contributed by atoms with Gasteiger partial charge in [-0.2, -0.15) is 0 Å². The lowest BCUT2D eigenvalue weighted by atomic mass is 10.2. The second-order valence-electron chi connectivity index (χ2n) is 4.50. The first-order valence-electron chi connectivity index (χ1n) is 6.30. The van der Waals surface area contributed by atoms with Crippen LogP contribution in [0.25, 0.3) is 6.08 Å². The number of rotatable bonds is 5. The second kappa shape index (κ2) is 7.21. The third-order valence-corrected chi connectivity index (χ3v) is 4.55. The van der Waals surface area contributed by atoms with Crippen molar-refractivity contribution in [3.63, 3.8) is 0 Å². The molecule has 1 heterocycles. The van der Waals surface area contributed by atoms with Gasteiger partial charge in [-0.05, 0) is 30.2 Å². The summed E-state index contributed by atoms with van der Waals surface area (Å²) < 4.78 is 13.5. The first kappa shape index (κ1) is 16.9. The highest BCUT2D eigenvalue weighted by Gasteiger charge is 2.31. The van der Waals surface area contributed by atoms with Crippen LogP contribution in [0.5, 0.6) is 0 Å². The van der Waals surface area contributed by atoms with Gasteiger partial charge >= 0.3 is 5.97 Å². The maximum absolute atomic E-state index is 13.1. The first-order valence-corrected chi connectivity index (χ1v) is 7.91. The van der Waals surface area contributed by atoms with Crippen molar-refractivity contribution in [2.75, 3.05) is 6.54 Å². The number of carbonyl (C=O) groups is 2. The van der Waals surface area contributed by atoms with Gasteiger partial charge in [0.25, 0.3) is 5.91 Å². The molecular weight excluding hydrogens is 349 g/mol. The van der Waals surface area contributed by atoms with Crippen molar-refractivity contribution in [2.45, 2.75) is 12.8 Å². The number of carboxylic acids is 1. The van der Waals surface area contributed by atoms with Crippen LogP contribution in [-0.4, -0.2) is 32.7 Å². The molecule has 1 aliphatic rings. The molecule has 0 unspecified atom stereocenters. The third kappa shape index (κ3) is 4.06. The molecule has 2 rings (SSSR count). The normalized spacial score (nSPS) is 16.6. The quantitative estimate of drug-likeness (QED) is 0.643. The Morgan fingerprint density at radius 1 is 1.50 bits per heavy atom. The van der Waals surface area contributed by atoms with Crippen LogP contribution in [0.3, 0.4) is 0 Å². The Kier molecular flexibility index (Phi) is 5.55. The summed E-state index contributed by atoms with van der Waals surface area (Å²) in [6, 6.07) is 4.16. The van der Waals surface area contributed by atoms with Crippen molar-refractivity contribution in [1.82, 2.24) is 4.90 Å². The number of thioether (sulfide) groups is 1. The molecule has 1 aromatic carbocycles. The largest absolute Gasteiger partial charge is 0.481 e. The highest BCUT2D eigenvalue weighted by Crippen LogP contribution is 2.33. The molecule has 22 heavy (non-hydrogen) atoms. The number of benzene rings is 1. The molecule has 0 spiro atoms. The van der Waals surface area contributed by atoms with Gasteiger partial charge in [-0.15, -0.1) is 0 Å². The van der Waals surface area contributed by atoms with Crippen molar-refractivity contribution >= 4 is 57.9 Å². The van der Waals surface area contributed by atoms with Crippen molar-refractivity contribution in [2.24, 2.45) is 0 Å². The highest BCUT2D eigenvalue weighted by atomic mass is 35.5. The van der Waals surface area contributed by atoms with E-state index in [9.17, 15) is 14.0 Å². The van der Waals surface area contributed by atoms with Gasteiger partial charge in [0.05, 0.1) is 9.93 Å². The van der Waals surface area contributed by atoms with Gasteiger partial charge < -0.3 is 5.11 Å². The van der Waals surface area contributed by atoms with Crippen LogP contribution in [0, 0.1) is 5.82 Å². The van der Waals surface area contributed by atoms with Gasteiger partial charge in [0.15, 0.2) is 0 Å². The van der Waals surface area contributed by atoms with Crippen LogP contribution < -0.4 is 0 Å². The number of carboxylic acid groups (broad SMARTS) is 1. The minimum atomic E-state index is -0.915. The van der Waals surface area contributed by atoms with E-state index in [2.05, 4.69) is 0 Å². The predicted molar refractivity (Wildman–Crippen MR) is 88.2 cm³/mol. The lowest BCUT2D eigenvalue weighted by Gasteiger charge is -2.13. The average Bonchev–Trinajstić information content (AvgIpc) is 2.70. The van der Waals surface area contributed by atoms with E-state index in [0.717, 1.165) is 11.8 Å². The molecule has 0 aliphatic carbocycles. The Hall–Kier alpha value is -1.44. The zero-order chi connectivity index (χ0) is 16.3. The van der Waals surface area contributed by atoms with E-state index in [1.807, 2.05) is 0 Å². The molecular formula is C14H11ClFNO3S2. The molecule has 8 heteroatoms. The van der Waals surface area contributed by atoms with Gasteiger partial charge in [0.1, 0.15) is 10.1 Å². The van der Waals surface area contributed by atoms with Crippen molar-refractivity contribution in [3.05, 3.63) is 39.5 Å². The van der Waals surface area contributed by atoms with Gasteiger partial charge in [0, 0.05) is 13.0 Å². The molecule has 1 saturated heterocycles. The molecule has 1 amide bonds. The third-order valence-electron chi connectivity index (χ3n) is 2.89. The second-order valence-corrected chi connectivity index (χ2v) is 6.59. The van der Waals surface area contributed by atoms with E-state index < -0.39 is 11.8 Å². The van der Waals surface area contributed by atoms with Crippen molar-refractivity contribution in [3.8, 4) is 0 Å². The molecule has 116 valence electrons. The highest BCUT2D eigenvalue weighted by molar-refractivity contribution is 8.26. The minimum Gasteiger partial charge on any atom is -0.481 e. The first-order chi connectivity index (χ1) is 10.4. The van der Waals surface area contributed by atoms with Crippen LogP contribution in [-0.2, 0) is 9.59 Å². The van der Waals surface area contributed by atoms with Crippen LogP contribution >= 0.6 is 35.6 Å². The van der Waals surface area contributed by atoms with E-state index in [1.165, 1.54) is 23.1 Å². The Morgan fingerprint density at radius 3 is 2.86 bits per heavy atom. The molecule has 0 aromatic heterocycles. The van der Waals surface area contributed by atoms with Crippen LogP contribution in [0.2, 0.25) is 5.02 Å². The van der Waals surface area contributed by atoms with Gasteiger partial charge in [0.2, 0.25) is 0 Å². The molecule has 1 aromatic rings. The maximum atomic E-state index is 13.1. The van der Waals surface area contributed by atoms with E-state index in [4.69, 9.17) is 28.9 Å². The zero-order valence-corrected chi connectivity index (χ0v) is 13.6. The summed E-state index contributed by atoms with van der Waals surface area (Å²) in [5.74, 6) is -1.72. The maximum Gasteiger partial charge on any atom is 0.303 e. The Bertz CT molecular complexity index is 678. The number of thiocarbonyl (C=S) groups is 1. The van der Waals surface area contributed by atoms with Gasteiger partial charge in [-0.25, -0.2) is 4.39 Å². The van der Waals surface area contributed by atoms with Crippen LogP contribution in [0.4, 0.5) is 4.39 Å². The predicted octanol–water partition coefficient (Wildman–Crippen LogP) is 3.55. The molecule has 0 bridgehead atoms. The summed E-state index contributed by atoms with van der Waals surface area (Å²) in [6.45, 7) is 0.262. The summed E-state index contributed by atoms with van der Waals surface area (Å²) in [4.78, 5) is 24.5. The summed E-state index contributed by atoms with van der Waals surface area (Å²) in [6.07, 6.45) is 1.89. The Morgan fingerprint density at radius 2 is 2.23 bits per heavy atom. The Labute approximate surface area is 140 Å².